The highest BCUT2D eigenvalue weighted by Crippen LogP contribution is 2.21. The van der Waals surface area contributed by atoms with Crippen LogP contribution < -0.4 is 5.32 Å². The van der Waals surface area contributed by atoms with Gasteiger partial charge in [0.2, 0.25) is 0 Å². The zero-order valence-electron chi connectivity index (χ0n) is 9.66. The molecule has 0 aliphatic rings. The topological polar surface area (TPSA) is 41.5 Å². The van der Waals surface area contributed by atoms with E-state index < -0.39 is 6.10 Å². The molecule has 1 aromatic rings. The maximum atomic E-state index is 9.91. The van der Waals surface area contributed by atoms with Crippen LogP contribution in [0.4, 0.5) is 0 Å². The first-order valence-electron chi connectivity index (χ1n) is 5.29. The van der Waals surface area contributed by atoms with Crippen LogP contribution in [-0.4, -0.2) is 31.9 Å². The fraction of sp³-hybridized carbons (Fsp3) is 0.500. The van der Waals surface area contributed by atoms with E-state index >= 15 is 0 Å². The highest BCUT2D eigenvalue weighted by molar-refractivity contribution is 9.10. The highest BCUT2D eigenvalue weighted by atomic mass is 79.9. The molecule has 0 aliphatic heterocycles. The number of halogens is 1. The van der Waals surface area contributed by atoms with Crippen LogP contribution in [0.2, 0.25) is 0 Å². The molecule has 0 saturated carbocycles. The number of aryl methyl sites for hydroxylation is 1. The van der Waals surface area contributed by atoms with E-state index in [9.17, 15) is 5.11 Å². The molecule has 90 valence electrons. The molecular weight excluding hydrogens is 270 g/mol. The Morgan fingerprint density at radius 2 is 2.25 bits per heavy atom. The summed E-state index contributed by atoms with van der Waals surface area (Å²) in [5.41, 5.74) is 2.09. The van der Waals surface area contributed by atoms with Gasteiger partial charge in [-0.2, -0.15) is 0 Å². The molecule has 2 N–H and O–H groups in total. The average molecular weight is 288 g/mol. The van der Waals surface area contributed by atoms with Crippen molar-refractivity contribution >= 4 is 15.9 Å². The van der Waals surface area contributed by atoms with Gasteiger partial charge >= 0.3 is 0 Å². The molecule has 1 atom stereocenters. The zero-order valence-corrected chi connectivity index (χ0v) is 11.3. The van der Waals surface area contributed by atoms with Gasteiger partial charge in [0.25, 0.3) is 0 Å². The molecule has 0 aromatic heterocycles. The number of ether oxygens (including phenoxy) is 1. The summed E-state index contributed by atoms with van der Waals surface area (Å²) in [6.07, 6.45) is -0.478. The van der Waals surface area contributed by atoms with E-state index in [1.807, 2.05) is 25.1 Å². The van der Waals surface area contributed by atoms with Gasteiger partial charge in [-0.1, -0.05) is 28.1 Å². The van der Waals surface area contributed by atoms with Gasteiger partial charge in [0.1, 0.15) is 0 Å². The fourth-order valence-corrected chi connectivity index (χ4v) is 1.74. The van der Waals surface area contributed by atoms with Gasteiger partial charge in [-0.05, 0) is 24.1 Å². The lowest BCUT2D eigenvalue weighted by molar-refractivity contribution is 0.161. The Labute approximate surface area is 105 Å². The van der Waals surface area contributed by atoms with Gasteiger partial charge in [0.05, 0.1) is 12.7 Å². The summed E-state index contributed by atoms with van der Waals surface area (Å²) >= 11 is 3.46. The second kappa shape index (κ2) is 7.01. The lowest BCUT2D eigenvalue weighted by Gasteiger charge is -2.13. The number of aliphatic hydroxyl groups excluding tert-OH is 1. The van der Waals surface area contributed by atoms with Crippen LogP contribution in [0.3, 0.4) is 0 Å². The third-order valence-corrected chi connectivity index (χ3v) is 3.26. The second-order valence-corrected chi connectivity index (χ2v) is 4.58. The van der Waals surface area contributed by atoms with Gasteiger partial charge in [-0.25, -0.2) is 0 Å². The van der Waals surface area contributed by atoms with E-state index in [1.165, 1.54) is 5.56 Å². The lowest BCUT2D eigenvalue weighted by Crippen LogP contribution is -2.25. The number of aliphatic hydroxyl groups is 1. The minimum atomic E-state index is -0.478. The molecular formula is C12H18BrNO2. The van der Waals surface area contributed by atoms with Crippen molar-refractivity contribution in [3.05, 3.63) is 33.8 Å². The second-order valence-electron chi connectivity index (χ2n) is 3.72. The maximum Gasteiger partial charge on any atom is 0.0914 e. The van der Waals surface area contributed by atoms with Gasteiger partial charge in [-0.15, -0.1) is 0 Å². The largest absolute Gasteiger partial charge is 0.387 e. The Bertz CT molecular complexity index is 331. The first-order valence-corrected chi connectivity index (χ1v) is 6.08. The van der Waals surface area contributed by atoms with E-state index in [2.05, 4.69) is 21.2 Å². The molecule has 1 aromatic carbocycles. The molecule has 0 bridgehead atoms. The highest BCUT2D eigenvalue weighted by Gasteiger charge is 2.07. The zero-order chi connectivity index (χ0) is 12.0. The van der Waals surface area contributed by atoms with E-state index in [1.54, 1.807) is 7.11 Å². The van der Waals surface area contributed by atoms with Crippen LogP contribution in [0, 0.1) is 6.92 Å². The van der Waals surface area contributed by atoms with Crippen LogP contribution in [0.1, 0.15) is 17.2 Å². The van der Waals surface area contributed by atoms with Crippen LogP contribution in [0.25, 0.3) is 0 Å². The molecule has 4 heteroatoms. The molecule has 1 rings (SSSR count). The van der Waals surface area contributed by atoms with Gasteiger partial charge in [-0.3, -0.25) is 0 Å². The summed E-state index contributed by atoms with van der Waals surface area (Å²) < 4.78 is 5.94. The van der Waals surface area contributed by atoms with Gasteiger partial charge in [0.15, 0.2) is 0 Å². The van der Waals surface area contributed by atoms with E-state index in [0.717, 1.165) is 16.6 Å². The van der Waals surface area contributed by atoms with E-state index in [4.69, 9.17) is 4.74 Å². The Morgan fingerprint density at radius 1 is 1.50 bits per heavy atom. The minimum absolute atomic E-state index is 0.478. The summed E-state index contributed by atoms with van der Waals surface area (Å²) in [7, 11) is 1.66. The predicted molar refractivity (Wildman–Crippen MR) is 68.6 cm³/mol. The number of hydrogen-bond donors (Lipinski definition) is 2. The molecule has 0 heterocycles. The number of methoxy groups -OCH3 is 1. The SMILES string of the molecule is COCCNCC(O)c1ccc(C)c(Br)c1. The van der Waals surface area contributed by atoms with Crippen LogP contribution >= 0.6 is 15.9 Å². The van der Waals surface area contributed by atoms with Crippen molar-refractivity contribution in [2.75, 3.05) is 26.8 Å². The third-order valence-electron chi connectivity index (χ3n) is 2.40. The van der Waals surface area contributed by atoms with Crippen molar-refractivity contribution in [1.82, 2.24) is 5.32 Å². The maximum absolute atomic E-state index is 9.91. The Balaban J connectivity index is 2.46. The molecule has 0 fully saturated rings. The van der Waals surface area contributed by atoms with Crippen molar-refractivity contribution in [3.63, 3.8) is 0 Å². The Kier molecular flexibility index (Phi) is 5.98. The molecule has 0 spiro atoms. The fourth-order valence-electron chi connectivity index (χ4n) is 1.35. The van der Waals surface area contributed by atoms with Crippen LogP contribution in [-0.2, 0) is 4.74 Å². The predicted octanol–water partition coefficient (Wildman–Crippen LogP) is 2.03. The lowest BCUT2D eigenvalue weighted by atomic mass is 10.1. The Hall–Kier alpha value is -0.420. The molecule has 3 nitrogen and oxygen atoms in total. The number of rotatable bonds is 6. The van der Waals surface area contributed by atoms with Crippen molar-refractivity contribution in [2.45, 2.75) is 13.0 Å². The summed E-state index contributed by atoms with van der Waals surface area (Å²) in [5, 5.41) is 13.0. The van der Waals surface area contributed by atoms with Crippen molar-refractivity contribution in [3.8, 4) is 0 Å². The smallest absolute Gasteiger partial charge is 0.0914 e. The summed E-state index contributed by atoms with van der Waals surface area (Å²) in [4.78, 5) is 0. The van der Waals surface area contributed by atoms with E-state index in [0.29, 0.717) is 13.2 Å². The summed E-state index contributed by atoms with van der Waals surface area (Å²) in [6, 6.07) is 5.90. The summed E-state index contributed by atoms with van der Waals surface area (Å²) in [6.45, 7) is 3.97. The molecule has 0 aliphatic carbocycles. The quantitative estimate of drug-likeness (QED) is 0.787. The van der Waals surface area contributed by atoms with Crippen LogP contribution in [0.15, 0.2) is 22.7 Å². The van der Waals surface area contributed by atoms with Crippen molar-refractivity contribution in [1.29, 1.82) is 0 Å². The summed E-state index contributed by atoms with van der Waals surface area (Å²) in [5.74, 6) is 0. The van der Waals surface area contributed by atoms with E-state index in [-0.39, 0.29) is 0 Å². The molecule has 0 amide bonds. The molecule has 1 unspecified atom stereocenters. The Morgan fingerprint density at radius 3 is 2.88 bits per heavy atom. The standard InChI is InChI=1S/C12H18BrNO2/c1-9-3-4-10(7-11(9)13)12(15)8-14-5-6-16-2/h3-4,7,12,14-15H,5-6,8H2,1-2H3. The van der Waals surface area contributed by atoms with Crippen molar-refractivity contribution in [2.24, 2.45) is 0 Å². The molecule has 16 heavy (non-hydrogen) atoms. The van der Waals surface area contributed by atoms with Gasteiger partial charge < -0.3 is 15.2 Å². The number of nitrogens with one attached hydrogen (secondary N) is 1. The molecule has 0 saturated heterocycles. The normalized spacial score (nSPS) is 12.8. The monoisotopic (exact) mass is 287 g/mol. The minimum Gasteiger partial charge on any atom is -0.387 e. The first kappa shape index (κ1) is 13.6. The van der Waals surface area contributed by atoms with Crippen molar-refractivity contribution < 1.29 is 9.84 Å². The average Bonchev–Trinajstić information content (AvgIpc) is 2.28. The number of benzene rings is 1. The molecule has 0 radical (unpaired) electrons. The van der Waals surface area contributed by atoms with Crippen LogP contribution in [0.5, 0.6) is 0 Å². The third kappa shape index (κ3) is 4.22. The number of hydrogen-bond acceptors (Lipinski definition) is 3. The van der Waals surface area contributed by atoms with Gasteiger partial charge in [0, 0.05) is 24.7 Å². The first-order chi connectivity index (χ1) is 7.65.